The maximum atomic E-state index is 9.26. The fraction of sp³-hybridized carbons (Fsp3) is 0.211. The molecule has 1 aromatic heterocycles. The molecule has 4 nitrogen and oxygen atoms in total. The van der Waals surface area contributed by atoms with Crippen LogP contribution in [0.25, 0.3) is 11.5 Å². The molecule has 0 radical (unpaired) electrons. The summed E-state index contributed by atoms with van der Waals surface area (Å²) in [5.41, 5.74) is 4.86. The quantitative estimate of drug-likeness (QED) is 0.737. The lowest BCUT2D eigenvalue weighted by Crippen LogP contribution is -2.07. The Morgan fingerprint density at radius 2 is 2.00 bits per heavy atom. The lowest BCUT2D eigenvalue weighted by atomic mass is 10.0. The van der Waals surface area contributed by atoms with Crippen LogP contribution in [0.1, 0.15) is 29.8 Å². The van der Waals surface area contributed by atoms with Crippen molar-refractivity contribution < 1.29 is 9.52 Å². The van der Waals surface area contributed by atoms with E-state index in [1.807, 2.05) is 49.4 Å². The molecule has 3 rings (SSSR count). The average Bonchev–Trinajstić information content (AvgIpc) is 3.02. The molecule has 1 unspecified atom stereocenters. The zero-order valence-corrected chi connectivity index (χ0v) is 13.3. The van der Waals surface area contributed by atoms with Crippen LogP contribution >= 0.6 is 0 Å². The smallest absolute Gasteiger partial charge is 0.226 e. The second kappa shape index (κ2) is 6.67. The van der Waals surface area contributed by atoms with Crippen LogP contribution in [0.5, 0.6) is 0 Å². The lowest BCUT2D eigenvalue weighted by Gasteiger charge is -2.17. The zero-order valence-electron chi connectivity index (χ0n) is 13.3. The van der Waals surface area contributed by atoms with Gasteiger partial charge in [-0.1, -0.05) is 30.3 Å². The van der Waals surface area contributed by atoms with Crippen LogP contribution in [0.4, 0.5) is 5.69 Å². The third-order valence-electron chi connectivity index (χ3n) is 3.75. The van der Waals surface area contributed by atoms with E-state index in [1.54, 1.807) is 6.26 Å². The van der Waals surface area contributed by atoms with E-state index < -0.39 is 0 Å². The Bertz CT molecular complexity index is 795. The van der Waals surface area contributed by atoms with E-state index in [-0.39, 0.29) is 12.6 Å². The molecule has 0 aliphatic carbocycles. The molecule has 0 aliphatic rings. The van der Waals surface area contributed by atoms with Crippen molar-refractivity contribution in [2.45, 2.75) is 26.5 Å². The summed E-state index contributed by atoms with van der Waals surface area (Å²) >= 11 is 0. The highest BCUT2D eigenvalue weighted by molar-refractivity contribution is 5.61. The second-order valence-electron chi connectivity index (χ2n) is 5.64. The molecular formula is C19H20N2O2. The van der Waals surface area contributed by atoms with Crippen molar-refractivity contribution in [3.63, 3.8) is 0 Å². The molecule has 0 fully saturated rings. The predicted molar refractivity (Wildman–Crippen MR) is 91.1 cm³/mol. The van der Waals surface area contributed by atoms with Gasteiger partial charge in [-0.25, -0.2) is 4.98 Å². The standard InChI is InChI=1S/C19H20N2O2/c1-13-12-23-19(20-13)17-7-4-8-18(10-17)21-14(2)16-6-3-5-15(9-16)11-22/h3-10,12,14,21-22H,11H2,1-2H3. The highest BCUT2D eigenvalue weighted by Crippen LogP contribution is 2.25. The summed E-state index contributed by atoms with van der Waals surface area (Å²) in [6.45, 7) is 4.06. The van der Waals surface area contributed by atoms with Crippen molar-refractivity contribution in [1.29, 1.82) is 0 Å². The van der Waals surface area contributed by atoms with Gasteiger partial charge in [0.15, 0.2) is 0 Å². The van der Waals surface area contributed by atoms with Crippen molar-refractivity contribution >= 4 is 5.69 Å². The topological polar surface area (TPSA) is 58.3 Å². The minimum Gasteiger partial charge on any atom is -0.444 e. The number of aliphatic hydroxyl groups excluding tert-OH is 1. The maximum Gasteiger partial charge on any atom is 0.226 e. The number of aliphatic hydroxyl groups is 1. The molecular weight excluding hydrogens is 288 g/mol. The number of oxazole rings is 1. The van der Waals surface area contributed by atoms with E-state index in [1.165, 1.54) is 0 Å². The number of aromatic nitrogens is 1. The molecule has 118 valence electrons. The van der Waals surface area contributed by atoms with Crippen LogP contribution in [0.15, 0.2) is 59.2 Å². The highest BCUT2D eigenvalue weighted by Gasteiger charge is 2.09. The number of nitrogens with one attached hydrogen (secondary N) is 1. The fourth-order valence-corrected chi connectivity index (χ4v) is 2.52. The van der Waals surface area contributed by atoms with Crippen molar-refractivity contribution in [2.75, 3.05) is 5.32 Å². The molecule has 0 amide bonds. The monoisotopic (exact) mass is 308 g/mol. The molecule has 1 atom stereocenters. The summed E-state index contributed by atoms with van der Waals surface area (Å²) in [5, 5.41) is 12.7. The van der Waals surface area contributed by atoms with Gasteiger partial charge in [0.05, 0.1) is 12.3 Å². The van der Waals surface area contributed by atoms with Crippen molar-refractivity contribution in [2.24, 2.45) is 0 Å². The SMILES string of the molecule is Cc1coc(-c2cccc(NC(C)c3cccc(CO)c3)c2)n1. The summed E-state index contributed by atoms with van der Waals surface area (Å²) in [4.78, 5) is 4.36. The van der Waals surface area contributed by atoms with Gasteiger partial charge in [-0.05, 0) is 43.2 Å². The van der Waals surface area contributed by atoms with Crippen molar-refractivity contribution in [3.8, 4) is 11.5 Å². The molecule has 0 bridgehead atoms. The third-order valence-corrected chi connectivity index (χ3v) is 3.75. The van der Waals surface area contributed by atoms with Gasteiger partial charge in [0, 0.05) is 17.3 Å². The number of rotatable bonds is 5. The number of aryl methyl sites for hydroxylation is 1. The number of benzene rings is 2. The highest BCUT2D eigenvalue weighted by atomic mass is 16.3. The van der Waals surface area contributed by atoms with Crippen LogP contribution in [0.2, 0.25) is 0 Å². The summed E-state index contributed by atoms with van der Waals surface area (Å²) in [6.07, 6.45) is 1.65. The fourth-order valence-electron chi connectivity index (χ4n) is 2.52. The number of nitrogens with zero attached hydrogens (tertiary/aromatic N) is 1. The minimum absolute atomic E-state index is 0.0551. The molecule has 23 heavy (non-hydrogen) atoms. The normalized spacial score (nSPS) is 12.1. The van der Waals surface area contributed by atoms with Gasteiger partial charge in [0.2, 0.25) is 5.89 Å². The van der Waals surface area contributed by atoms with Crippen LogP contribution in [-0.4, -0.2) is 10.1 Å². The van der Waals surface area contributed by atoms with Crippen molar-refractivity contribution in [1.82, 2.24) is 4.98 Å². The van der Waals surface area contributed by atoms with E-state index in [2.05, 4.69) is 23.3 Å². The first kappa shape index (κ1) is 15.3. The van der Waals surface area contributed by atoms with Crippen LogP contribution in [0, 0.1) is 6.92 Å². The first-order valence-electron chi connectivity index (χ1n) is 7.64. The summed E-state index contributed by atoms with van der Waals surface area (Å²) < 4.78 is 5.46. The molecule has 2 N–H and O–H groups in total. The average molecular weight is 308 g/mol. The Morgan fingerprint density at radius 3 is 2.74 bits per heavy atom. The van der Waals surface area contributed by atoms with E-state index in [0.29, 0.717) is 5.89 Å². The predicted octanol–water partition coefficient (Wildman–Crippen LogP) is 4.32. The first-order valence-corrected chi connectivity index (χ1v) is 7.64. The Labute approximate surface area is 135 Å². The zero-order chi connectivity index (χ0) is 16.2. The molecule has 1 heterocycles. The molecule has 0 saturated heterocycles. The van der Waals surface area contributed by atoms with E-state index >= 15 is 0 Å². The van der Waals surface area contributed by atoms with E-state index in [4.69, 9.17) is 4.42 Å². The molecule has 0 spiro atoms. The third kappa shape index (κ3) is 3.60. The molecule has 3 aromatic rings. The first-order chi connectivity index (χ1) is 11.2. The van der Waals surface area contributed by atoms with E-state index in [0.717, 1.165) is 28.1 Å². The largest absolute Gasteiger partial charge is 0.444 e. The van der Waals surface area contributed by atoms with Gasteiger partial charge < -0.3 is 14.8 Å². The Morgan fingerprint density at radius 1 is 1.17 bits per heavy atom. The number of hydrogen-bond donors (Lipinski definition) is 2. The minimum atomic E-state index is 0.0551. The van der Waals surface area contributed by atoms with Gasteiger partial charge in [-0.2, -0.15) is 0 Å². The maximum absolute atomic E-state index is 9.26. The Hall–Kier alpha value is -2.59. The van der Waals surface area contributed by atoms with Crippen LogP contribution < -0.4 is 5.32 Å². The van der Waals surface area contributed by atoms with Gasteiger partial charge in [-0.3, -0.25) is 0 Å². The van der Waals surface area contributed by atoms with Gasteiger partial charge >= 0.3 is 0 Å². The van der Waals surface area contributed by atoms with Gasteiger partial charge in [-0.15, -0.1) is 0 Å². The summed E-state index contributed by atoms with van der Waals surface area (Å²) in [6, 6.07) is 16.1. The molecule has 2 aromatic carbocycles. The molecule has 0 aliphatic heterocycles. The Kier molecular flexibility index (Phi) is 4.44. The number of hydrogen-bond acceptors (Lipinski definition) is 4. The summed E-state index contributed by atoms with van der Waals surface area (Å²) in [7, 11) is 0. The van der Waals surface area contributed by atoms with Crippen LogP contribution in [0.3, 0.4) is 0 Å². The molecule has 0 saturated carbocycles. The number of anilines is 1. The summed E-state index contributed by atoms with van der Waals surface area (Å²) in [5.74, 6) is 0.626. The molecule has 4 heteroatoms. The Balaban J connectivity index is 1.79. The van der Waals surface area contributed by atoms with Gasteiger partial charge in [0.25, 0.3) is 0 Å². The van der Waals surface area contributed by atoms with E-state index in [9.17, 15) is 5.11 Å². The van der Waals surface area contributed by atoms with Crippen molar-refractivity contribution in [3.05, 3.63) is 71.6 Å². The van der Waals surface area contributed by atoms with Crippen LogP contribution in [-0.2, 0) is 6.61 Å². The lowest BCUT2D eigenvalue weighted by molar-refractivity contribution is 0.281. The second-order valence-corrected chi connectivity index (χ2v) is 5.64. The van der Waals surface area contributed by atoms with Gasteiger partial charge in [0.1, 0.15) is 6.26 Å².